The number of thiazole rings is 1. The Morgan fingerprint density at radius 3 is 2.75 bits per heavy atom. The van der Waals surface area contributed by atoms with E-state index >= 15 is 0 Å². The van der Waals surface area contributed by atoms with Crippen LogP contribution < -0.4 is 10.2 Å². The van der Waals surface area contributed by atoms with Gasteiger partial charge in [-0.1, -0.05) is 29.8 Å². The summed E-state index contributed by atoms with van der Waals surface area (Å²) in [4.78, 5) is 16.2. The van der Waals surface area contributed by atoms with Crippen LogP contribution in [0.1, 0.15) is 10.6 Å². The maximum absolute atomic E-state index is 6.27. The Hall–Kier alpha value is -2.18. The first-order chi connectivity index (χ1) is 11.5. The number of nitrogens with one attached hydrogen (secondary N) is 1. The number of benzene rings is 1. The summed E-state index contributed by atoms with van der Waals surface area (Å²) in [6.07, 6.45) is 1.56. The Kier molecular flexibility index (Phi) is 4.97. The summed E-state index contributed by atoms with van der Waals surface area (Å²) in [6, 6.07) is 9.69. The van der Waals surface area contributed by atoms with Crippen LogP contribution in [0, 0.1) is 6.92 Å². The van der Waals surface area contributed by atoms with Gasteiger partial charge in [0.25, 0.3) is 0 Å². The molecule has 0 radical (unpaired) electrons. The van der Waals surface area contributed by atoms with Crippen LogP contribution in [0.3, 0.4) is 0 Å². The third-order valence-electron chi connectivity index (χ3n) is 3.54. The molecule has 1 N–H and O–H groups in total. The summed E-state index contributed by atoms with van der Waals surface area (Å²) in [6.45, 7) is 2.68. The number of hydrogen-bond donors (Lipinski definition) is 1. The zero-order valence-electron chi connectivity index (χ0n) is 13.7. The highest BCUT2D eigenvalue weighted by Gasteiger charge is 2.12. The first kappa shape index (κ1) is 16.7. The van der Waals surface area contributed by atoms with Crippen molar-refractivity contribution < 1.29 is 0 Å². The van der Waals surface area contributed by atoms with E-state index in [2.05, 4.69) is 20.3 Å². The van der Waals surface area contributed by atoms with Crippen LogP contribution in [-0.4, -0.2) is 29.0 Å². The second-order valence-corrected chi connectivity index (χ2v) is 7.01. The molecular formula is C17H18ClN5S. The van der Waals surface area contributed by atoms with E-state index in [1.54, 1.807) is 17.7 Å². The minimum Gasteiger partial charge on any atom is -0.365 e. The molecule has 0 atom stereocenters. The maximum atomic E-state index is 6.27. The monoisotopic (exact) mass is 359 g/mol. The topological polar surface area (TPSA) is 53.9 Å². The maximum Gasteiger partial charge on any atom is 0.133 e. The van der Waals surface area contributed by atoms with Crippen molar-refractivity contribution in [1.29, 1.82) is 0 Å². The highest BCUT2D eigenvalue weighted by atomic mass is 35.5. The molecule has 2 aromatic heterocycles. The summed E-state index contributed by atoms with van der Waals surface area (Å²) in [7, 11) is 3.91. The van der Waals surface area contributed by atoms with E-state index < -0.39 is 0 Å². The predicted molar refractivity (Wildman–Crippen MR) is 101 cm³/mol. The van der Waals surface area contributed by atoms with E-state index in [4.69, 9.17) is 11.6 Å². The second-order valence-electron chi connectivity index (χ2n) is 5.52. The molecule has 0 amide bonds. The van der Waals surface area contributed by atoms with Gasteiger partial charge >= 0.3 is 0 Å². The van der Waals surface area contributed by atoms with Gasteiger partial charge in [-0.3, -0.25) is 0 Å². The Morgan fingerprint density at radius 2 is 2.00 bits per heavy atom. The van der Waals surface area contributed by atoms with Gasteiger partial charge in [-0.2, -0.15) is 0 Å². The van der Waals surface area contributed by atoms with Gasteiger partial charge in [-0.25, -0.2) is 15.0 Å². The molecule has 3 rings (SSSR count). The first-order valence-corrected chi connectivity index (χ1v) is 8.68. The van der Waals surface area contributed by atoms with Gasteiger partial charge in [0.15, 0.2) is 0 Å². The quantitative estimate of drug-likeness (QED) is 0.738. The summed E-state index contributed by atoms with van der Waals surface area (Å²) >= 11 is 7.91. The van der Waals surface area contributed by atoms with Crippen LogP contribution in [-0.2, 0) is 6.54 Å². The van der Waals surface area contributed by atoms with E-state index in [0.717, 1.165) is 37.8 Å². The van der Waals surface area contributed by atoms with E-state index in [1.807, 2.05) is 56.3 Å². The van der Waals surface area contributed by atoms with Crippen molar-refractivity contribution in [2.24, 2.45) is 0 Å². The molecule has 3 aromatic rings. The zero-order valence-corrected chi connectivity index (χ0v) is 15.3. The molecule has 24 heavy (non-hydrogen) atoms. The summed E-state index contributed by atoms with van der Waals surface area (Å²) in [5.41, 5.74) is 1.97. The fourth-order valence-electron chi connectivity index (χ4n) is 2.20. The molecule has 1 aromatic carbocycles. The number of hydrogen-bond acceptors (Lipinski definition) is 6. The lowest BCUT2D eigenvalue weighted by Gasteiger charge is -2.12. The van der Waals surface area contributed by atoms with E-state index in [9.17, 15) is 0 Å². The van der Waals surface area contributed by atoms with Crippen molar-refractivity contribution in [2.75, 3.05) is 24.3 Å². The molecule has 0 saturated carbocycles. The van der Waals surface area contributed by atoms with Crippen molar-refractivity contribution in [3.63, 3.8) is 0 Å². The fraction of sp³-hybridized carbons (Fsp3) is 0.235. The van der Waals surface area contributed by atoms with E-state index in [0.29, 0.717) is 6.54 Å². The largest absolute Gasteiger partial charge is 0.365 e. The van der Waals surface area contributed by atoms with Crippen molar-refractivity contribution >= 4 is 34.6 Å². The van der Waals surface area contributed by atoms with Crippen molar-refractivity contribution in [1.82, 2.24) is 15.0 Å². The van der Waals surface area contributed by atoms with Crippen LogP contribution >= 0.6 is 22.9 Å². The highest BCUT2D eigenvalue weighted by molar-refractivity contribution is 7.15. The van der Waals surface area contributed by atoms with Gasteiger partial charge < -0.3 is 10.2 Å². The van der Waals surface area contributed by atoms with Crippen LogP contribution in [0.25, 0.3) is 10.6 Å². The number of nitrogens with zero attached hydrogens (tertiary/aromatic N) is 4. The van der Waals surface area contributed by atoms with E-state index in [-0.39, 0.29) is 0 Å². The summed E-state index contributed by atoms with van der Waals surface area (Å²) in [5.74, 6) is 1.66. The Balaban J connectivity index is 1.77. The van der Waals surface area contributed by atoms with Crippen molar-refractivity contribution in [3.05, 3.63) is 52.3 Å². The third-order valence-corrected chi connectivity index (χ3v) is 5.06. The SMILES string of the molecule is Cc1nc(-c2ccccc2Cl)sc1CNc1cc(N(C)C)ncn1. The van der Waals surface area contributed by atoms with E-state index in [1.165, 1.54) is 0 Å². The average Bonchev–Trinajstić information content (AvgIpc) is 2.94. The van der Waals surface area contributed by atoms with Crippen LogP contribution in [0.4, 0.5) is 11.6 Å². The molecule has 124 valence electrons. The number of aromatic nitrogens is 3. The van der Waals surface area contributed by atoms with Gasteiger partial charge in [0.2, 0.25) is 0 Å². The molecular weight excluding hydrogens is 342 g/mol. The Morgan fingerprint density at radius 1 is 1.21 bits per heavy atom. The summed E-state index contributed by atoms with van der Waals surface area (Å²) < 4.78 is 0. The van der Waals surface area contributed by atoms with Gasteiger partial charge in [0.1, 0.15) is 23.0 Å². The minimum atomic E-state index is 0.665. The molecule has 0 saturated heterocycles. The highest BCUT2D eigenvalue weighted by Crippen LogP contribution is 2.33. The molecule has 2 heterocycles. The Labute approximate surface area is 150 Å². The number of anilines is 2. The number of halogens is 1. The normalized spacial score (nSPS) is 10.7. The predicted octanol–water partition coefficient (Wildman–Crippen LogP) is 4.24. The average molecular weight is 360 g/mol. The van der Waals surface area contributed by atoms with Crippen molar-refractivity contribution in [3.8, 4) is 10.6 Å². The third kappa shape index (κ3) is 3.66. The first-order valence-electron chi connectivity index (χ1n) is 7.49. The van der Waals surface area contributed by atoms with Gasteiger partial charge in [-0.15, -0.1) is 11.3 Å². The molecule has 0 fully saturated rings. The molecule has 0 aliphatic carbocycles. The zero-order chi connectivity index (χ0) is 17.1. The molecule has 7 heteroatoms. The minimum absolute atomic E-state index is 0.665. The van der Waals surface area contributed by atoms with Crippen LogP contribution in [0.2, 0.25) is 5.02 Å². The van der Waals surface area contributed by atoms with Crippen LogP contribution in [0.15, 0.2) is 36.7 Å². The van der Waals surface area contributed by atoms with Crippen LogP contribution in [0.5, 0.6) is 0 Å². The summed E-state index contributed by atoms with van der Waals surface area (Å²) in [5, 5.41) is 4.99. The van der Waals surface area contributed by atoms with Gasteiger partial charge in [0.05, 0.1) is 17.3 Å². The number of rotatable bonds is 5. The molecule has 0 spiro atoms. The molecule has 5 nitrogen and oxygen atoms in total. The molecule has 0 unspecified atom stereocenters. The lowest BCUT2D eigenvalue weighted by Crippen LogP contribution is -2.11. The molecule has 0 aliphatic heterocycles. The van der Waals surface area contributed by atoms with Gasteiger partial charge in [0, 0.05) is 30.6 Å². The Bertz CT molecular complexity index is 847. The van der Waals surface area contributed by atoms with Crippen molar-refractivity contribution in [2.45, 2.75) is 13.5 Å². The van der Waals surface area contributed by atoms with Gasteiger partial charge in [-0.05, 0) is 13.0 Å². The lowest BCUT2D eigenvalue weighted by molar-refractivity contribution is 1.02. The smallest absolute Gasteiger partial charge is 0.133 e. The second kappa shape index (κ2) is 7.15. The molecule has 0 aliphatic rings. The standard InChI is InChI=1S/C17H18ClN5S/c1-11-14(9-19-15-8-16(23(2)3)21-10-20-15)24-17(22-11)12-6-4-5-7-13(12)18/h4-8,10H,9H2,1-3H3,(H,19,20,21). The number of aryl methyl sites for hydroxylation is 1. The lowest BCUT2D eigenvalue weighted by atomic mass is 10.2. The molecule has 0 bridgehead atoms. The fourth-order valence-corrected chi connectivity index (χ4v) is 3.52.